The normalized spacial score (nSPS) is 17.5. The summed E-state index contributed by atoms with van der Waals surface area (Å²) in [7, 11) is 0. The molecule has 102 valence electrons. The van der Waals surface area contributed by atoms with Gasteiger partial charge in [-0.3, -0.25) is 10.2 Å². The monoisotopic (exact) mass is 352 g/mol. The standard InChI is InChI=1S/C13H10BrClN4O/c14-8-1-2-10-11(5-8)18-13(20)6-12(17-10)19-4-3-9(15)7-16-19/h1-5,7,16H,6H2,(H,18,20). The minimum Gasteiger partial charge on any atom is -0.324 e. The summed E-state index contributed by atoms with van der Waals surface area (Å²) in [6.07, 6.45) is 5.27. The molecule has 2 aliphatic heterocycles. The Labute approximate surface area is 129 Å². The number of nitrogens with one attached hydrogen (secondary N) is 2. The van der Waals surface area contributed by atoms with Gasteiger partial charge in [0.15, 0.2) is 0 Å². The van der Waals surface area contributed by atoms with Crippen molar-refractivity contribution in [3.8, 4) is 0 Å². The van der Waals surface area contributed by atoms with Crippen molar-refractivity contribution in [3.05, 3.63) is 46.2 Å². The summed E-state index contributed by atoms with van der Waals surface area (Å²) in [4.78, 5) is 16.5. The number of carbonyl (C=O) groups is 1. The van der Waals surface area contributed by atoms with E-state index in [-0.39, 0.29) is 12.3 Å². The van der Waals surface area contributed by atoms with E-state index in [0.29, 0.717) is 22.2 Å². The summed E-state index contributed by atoms with van der Waals surface area (Å²) < 4.78 is 0.890. The topological polar surface area (TPSA) is 56.7 Å². The Morgan fingerprint density at radius 2 is 2.25 bits per heavy atom. The third-order valence-corrected chi connectivity index (χ3v) is 3.53. The number of hydrogen-bond acceptors (Lipinski definition) is 4. The highest BCUT2D eigenvalue weighted by molar-refractivity contribution is 9.10. The van der Waals surface area contributed by atoms with E-state index in [1.165, 1.54) is 0 Å². The molecular weight excluding hydrogens is 344 g/mol. The molecule has 0 unspecified atom stereocenters. The number of allylic oxidation sites excluding steroid dienone is 2. The van der Waals surface area contributed by atoms with Crippen LogP contribution in [0, 0.1) is 0 Å². The molecule has 0 spiro atoms. The van der Waals surface area contributed by atoms with Gasteiger partial charge in [0.05, 0.1) is 22.8 Å². The van der Waals surface area contributed by atoms with Crippen molar-refractivity contribution in [1.29, 1.82) is 0 Å². The number of rotatable bonds is 0. The van der Waals surface area contributed by atoms with Gasteiger partial charge in [0.25, 0.3) is 0 Å². The van der Waals surface area contributed by atoms with Crippen molar-refractivity contribution in [3.63, 3.8) is 0 Å². The molecule has 1 aromatic carbocycles. The van der Waals surface area contributed by atoms with Gasteiger partial charge in [-0.2, -0.15) is 0 Å². The number of fused-ring (bicyclic) bond motifs is 1. The number of amidine groups is 1. The zero-order valence-corrected chi connectivity index (χ0v) is 12.6. The summed E-state index contributed by atoms with van der Waals surface area (Å²) in [6.45, 7) is 0. The van der Waals surface area contributed by atoms with Crippen molar-refractivity contribution >= 4 is 50.6 Å². The first kappa shape index (κ1) is 13.2. The van der Waals surface area contributed by atoms with Crippen LogP contribution in [0.4, 0.5) is 11.4 Å². The maximum Gasteiger partial charge on any atom is 0.232 e. The summed E-state index contributed by atoms with van der Waals surface area (Å²) in [6, 6.07) is 5.56. The van der Waals surface area contributed by atoms with E-state index in [9.17, 15) is 4.79 Å². The second-order valence-corrected chi connectivity index (χ2v) is 5.61. The Morgan fingerprint density at radius 3 is 3.00 bits per heavy atom. The highest BCUT2D eigenvalue weighted by atomic mass is 79.9. The SMILES string of the molecule is O=C1CC(N2C=CC(Cl)=CN2)=Nc2ccc(Br)cc2N1. The first-order chi connectivity index (χ1) is 9.61. The molecule has 1 aromatic rings. The molecule has 2 aliphatic rings. The molecule has 0 bridgehead atoms. The minimum atomic E-state index is -0.114. The van der Waals surface area contributed by atoms with Crippen molar-refractivity contribution < 1.29 is 4.79 Å². The van der Waals surface area contributed by atoms with Crippen molar-refractivity contribution in [2.75, 3.05) is 5.32 Å². The fourth-order valence-electron chi connectivity index (χ4n) is 1.89. The Morgan fingerprint density at radius 1 is 1.40 bits per heavy atom. The second kappa shape index (κ2) is 5.30. The van der Waals surface area contributed by atoms with Gasteiger partial charge in [-0.05, 0) is 24.3 Å². The van der Waals surface area contributed by atoms with Gasteiger partial charge in [-0.1, -0.05) is 27.5 Å². The van der Waals surface area contributed by atoms with E-state index in [1.807, 2.05) is 18.2 Å². The number of aliphatic imine (C=N–C) groups is 1. The molecule has 0 fully saturated rings. The Bertz CT molecular complexity index is 668. The summed E-state index contributed by atoms with van der Waals surface area (Å²) in [5.74, 6) is 0.483. The fraction of sp³-hybridized carbons (Fsp3) is 0.0769. The van der Waals surface area contributed by atoms with Crippen LogP contribution in [-0.2, 0) is 4.79 Å². The van der Waals surface area contributed by atoms with Crippen LogP contribution in [-0.4, -0.2) is 16.8 Å². The van der Waals surface area contributed by atoms with Crippen molar-refractivity contribution in [1.82, 2.24) is 10.4 Å². The molecule has 0 saturated carbocycles. The summed E-state index contributed by atoms with van der Waals surface area (Å²) in [5.41, 5.74) is 4.36. The third-order valence-electron chi connectivity index (χ3n) is 2.80. The highest BCUT2D eigenvalue weighted by Gasteiger charge is 2.20. The maximum atomic E-state index is 11.9. The predicted molar refractivity (Wildman–Crippen MR) is 82.5 cm³/mol. The highest BCUT2D eigenvalue weighted by Crippen LogP contribution is 2.31. The van der Waals surface area contributed by atoms with Crippen LogP contribution in [0.1, 0.15) is 6.42 Å². The van der Waals surface area contributed by atoms with Crippen LogP contribution in [0.25, 0.3) is 0 Å². The van der Waals surface area contributed by atoms with Crippen LogP contribution in [0.2, 0.25) is 0 Å². The quantitative estimate of drug-likeness (QED) is 0.753. The molecule has 2 N–H and O–H groups in total. The number of anilines is 1. The van der Waals surface area contributed by atoms with Gasteiger partial charge in [0.1, 0.15) is 5.84 Å². The summed E-state index contributed by atoms with van der Waals surface area (Å²) >= 11 is 9.22. The molecule has 0 atom stereocenters. The smallest absolute Gasteiger partial charge is 0.232 e. The zero-order chi connectivity index (χ0) is 14.1. The van der Waals surface area contributed by atoms with Gasteiger partial charge in [-0.25, -0.2) is 10.0 Å². The number of amides is 1. The second-order valence-electron chi connectivity index (χ2n) is 4.26. The van der Waals surface area contributed by atoms with Crippen molar-refractivity contribution in [2.24, 2.45) is 4.99 Å². The molecule has 20 heavy (non-hydrogen) atoms. The number of nitrogens with zero attached hydrogens (tertiary/aromatic N) is 2. The molecular formula is C13H10BrClN4O. The zero-order valence-electron chi connectivity index (χ0n) is 10.2. The van der Waals surface area contributed by atoms with E-state index in [1.54, 1.807) is 23.5 Å². The van der Waals surface area contributed by atoms with E-state index >= 15 is 0 Å². The van der Waals surface area contributed by atoms with Crippen LogP contribution >= 0.6 is 27.5 Å². The molecule has 2 heterocycles. The van der Waals surface area contributed by atoms with E-state index in [4.69, 9.17) is 11.6 Å². The molecule has 5 nitrogen and oxygen atoms in total. The maximum absolute atomic E-state index is 11.9. The average molecular weight is 354 g/mol. The third kappa shape index (κ3) is 2.71. The molecule has 0 saturated heterocycles. The van der Waals surface area contributed by atoms with Gasteiger partial charge in [0.2, 0.25) is 5.91 Å². The lowest BCUT2D eigenvalue weighted by atomic mass is 10.3. The number of carbonyl (C=O) groups excluding carboxylic acids is 1. The lowest BCUT2D eigenvalue weighted by molar-refractivity contribution is -0.115. The first-order valence-electron chi connectivity index (χ1n) is 5.88. The lowest BCUT2D eigenvalue weighted by Gasteiger charge is -2.23. The van der Waals surface area contributed by atoms with Gasteiger partial charge < -0.3 is 5.32 Å². The molecule has 0 radical (unpaired) electrons. The fourth-order valence-corrected chi connectivity index (χ4v) is 2.36. The van der Waals surface area contributed by atoms with E-state index in [0.717, 1.165) is 4.47 Å². The Kier molecular flexibility index (Phi) is 3.50. The molecule has 7 heteroatoms. The number of hydrazine groups is 1. The van der Waals surface area contributed by atoms with Gasteiger partial charge in [-0.15, -0.1) is 0 Å². The molecule has 3 rings (SSSR count). The van der Waals surface area contributed by atoms with Crippen LogP contribution < -0.4 is 10.7 Å². The van der Waals surface area contributed by atoms with Gasteiger partial charge >= 0.3 is 0 Å². The Hall–Kier alpha value is -1.79. The Balaban J connectivity index is 1.97. The van der Waals surface area contributed by atoms with E-state index < -0.39 is 0 Å². The molecule has 1 amide bonds. The number of hydrogen-bond donors (Lipinski definition) is 2. The predicted octanol–water partition coefficient (Wildman–Crippen LogP) is 3.24. The van der Waals surface area contributed by atoms with Crippen LogP contribution in [0.15, 0.2) is 51.2 Å². The number of halogens is 2. The van der Waals surface area contributed by atoms with Crippen LogP contribution in [0.5, 0.6) is 0 Å². The minimum absolute atomic E-state index is 0.114. The largest absolute Gasteiger partial charge is 0.324 e. The van der Waals surface area contributed by atoms with Crippen molar-refractivity contribution in [2.45, 2.75) is 6.42 Å². The number of benzene rings is 1. The first-order valence-corrected chi connectivity index (χ1v) is 7.05. The summed E-state index contributed by atoms with van der Waals surface area (Å²) in [5, 5.41) is 5.09. The lowest BCUT2D eigenvalue weighted by Crippen LogP contribution is -2.38. The molecule has 0 aromatic heterocycles. The van der Waals surface area contributed by atoms with Gasteiger partial charge in [0, 0.05) is 16.9 Å². The van der Waals surface area contributed by atoms with Crippen LogP contribution in [0.3, 0.4) is 0 Å². The molecule has 0 aliphatic carbocycles. The van der Waals surface area contributed by atoms with E-state index in [2.05, 4.69) is 31.7 Å². The average Bonchev–Trinajstić information content (AvgIpc) is 2.57.